The van der Waals surface area contributed by atoms with Gasteiger partial charge < -0.3 is 20.5 Å². The number of methoxy groups -OCH3 is 1. The maximum absolute atomic E-state index is 13.1. The standard InChI is InChI=1S/C18H15BrFN5O3/c1-27-14-5-3-2-4-13(14)22-18-24-15(23-17(21)25-18)9-28-16(26)11-7-6-10(20)8-12(11)19/h2-8H,9H2,1H3,(H3,21,22,23,24,25). The number of nitrogens with two attached hydrogens (primary N) is 1. The van der Waals surface area contributed by atoms with Crippen LogP contribution >= 0.6 is 15.9 Å². The highest BCUT2D eigenvalue weighted by molar-refractivity contribution is 9.10. The first-order valence-electron chi connectivity index (χ1n) is 7.99. The van der Waals surface area contributed by atoms with E-state index in [0.29, 0.717) is 11.4 Å². The highest BCUT2D eigenvalue weighted by atomic mass is 79.9. The second kappa shape index (κ2) is 8.61. The van der Waals surface area contributed by atoms with Gasteiger partial charge in [0, 0.05) is 4.47 Å². The number of nitrogens with one attached hydrogen (secondary N) is 1. The number of nitrogen functional groups attached to an aromatic ring is 1. The van der Waals surface area contributed by atoms with Crippen LogP contribution in [-0.2, 0) is 11.3 Å². The third-order valence-electron chi connectivity index (χ3n) is 3.54. The highest BCUT2D eigenvalue weighted by Gasteiger charge is 2.14. The Morgan fingerprint density at radius 1 is 1.21 bits per heavy atom. The maximum atomic E-state index is 13.1. The van der Waals surface area contributed by atoms with E-state index in [0.717, 1.165) is 6.07 Å². The number of rotatable bonds is 6. The predicted octanol–water partition coefficient (Wildman–Crippen LogP) is 3.46. The van der Waals surface area contributed by atoms with E-state index in [2.05, 4.69) is 36.2 Å². The number of halogens is 2. The number of aromatic nitrogens is 3. The smallest absolute Gasteiger partial charge is 0.339 e. The number of benzene rings is 2. The Hall–Kier alpha value is -3.27. The summed E-state index contributed by atoms with van der Waals surface area (Å²) in [5.74, 6) is -0.259. The number of para-hydroxylation sites is 2. The van der Waals surface area contributed by atoms with Crippen molar-refractivity contribution in [2.75, 3.05) is 18.2 Å². The van der Waals surface area contributed by atoms with Crippen LogP contribution in [0.5, 0.6) is 5.75 Å². The predicted molar refractivity (Wildman–Crippen MR) is 104 cm³/mol. The number of carbonyl (C=O) groups excluding carboxylic acids is 1. The summed E-state index contributed by atoms with van der Waals surface area (Å²) in [6.45, 7) is -0.240. The van der Waals surface area contributed by atoms with Crippen molar-refractivity contribution in [3.05, 3.63) is 64.1 Å². The average Bonchev–Trinajstić information content (AvgIpc) is 2.66. The van der Waals surface area contributed by atoms with Gasteiger partial charge in [0.15, 0.2) is 12.4 Å². The van der Waals surface area contributed by atoms with Crippen LogP contribution in [0.2, 0.25) is 0 Å². The lowest BCUT2D eigenvalue weighted by atomic mass is 10.2. The Labute approximate surface area is 168 Å². The third-order valence-corrected chi connectivity index (χ3v) is 4.19. The summed E-state index contributed by atoms with van der Waals surface area (Å²) in [5.41, 5.74) is 6.53. The number of esters is 1. The van der Waals surface area contributed by atoms with Crippen LogP contribution in [0.1, 0.15) is 16.2 Å². The van der Waals surface area contributed by atoms with E-state index in [9.17, 15) is 9.18 Å². The Morgan fingerprint density at radius 2 is 2.00 bits per heavy atom. The fourth-order valence-corrected chi connectivity index (χ4v) is 2.80. The minimum absolute atomic E-state index is 0.0404. The molecule has 0 unspecified atom stereocenters. The van der Waals surface area contributed by atoms with Crippen LogP contribution in [0, 0.1) is 5.82 Å². The first kappa shape index (κ1) is 19.5. The van der Waals surface area contributed by atoms with Crippen molar-refractivity contribution >= 4 is 39.5 Å². The topological polar surface area (TPSA) is 112 Å². The van der Waals surface area contributed by atoms with E-state index in [4.69, 9.17) is 15.2 Å². The molecular formula is C18H15BrFN5O3. The van der Waals surface area contributed by atoms with Gasteiger partial charge in [-0.25, -0.2) is 9.18 Å². The molecule has 0 amide bonds. The first-order valence-corrected chi connectivity index (χ1v) is 8.78. The van der Waals surface area contributed by atoms with Crippen LogP contribution in [0.25, 0.3) is 0 Å². The zero-order valence-electron chi connectivity index (χ0n) is 14.6. The molecule has 1 aromatic heterocycles. The van der Waals surface area contributed by atoms with Crippen LogP contribution < -0.4 is 15.8 Å². The lowest BCUT2D eigenvalue weighted by Gasteiger charge is -2.11. The summed E-state index contributed by atoms with van der Waals surface area (Å²) in [6, 6.07) is 10.9. The van der Waals surface area contributed by atoms with E-state index in [-0.39, 0.29) is 34.4 Å². The van der Waals surface area contributed by atoms with Crippen molar-refractivity contribution in [1.82, 2.24) is 15.0 Å². The van der Waals surface area contributed by atoms with Gasteiger partial charge >= 0.3 is 5.97 Å². The van der Waals surface area contributed by atoms with Crippen molar-refractivity contribution in [1.29, 1.82) is 0 Å². The second-order valence-electron chi connectivity index (χ2n) is 5.46. The molecule has 0 saturated carbocycles. The summed E-state index contributed by atoms with van der Waals surface area (Å²) < 4.78 is 23.9. The molecule has 0 atom stereocenters. The Kier molecular flexibility index (Phi) is 5.99. The molecule has 144 valence electrons. The van der Waals surface area contributed by atoms with Crippen LogP contribution in [-0.4, -0.2) is 28.0 Å². The number of hydrogen-bond acceptors (Lipinski definition) is 8. The molecule has 0 radical (unpaired) electrons. The van der Waals surface area contributed by atoms with E-state index < -0.39 is 11.8 Å². The van der Waals surface area contributed by atoms with Gasteiger partial charge in [0.1, 0.15) is 11.6 Å². The molecule has 2 aromatic carbocycles. The van der Waals surface area contributed by atoms with Crippen molar-refractivity contribution in [3.63, 3.8) is 0 Å². The minimum Gasteiger partial charge on any atom is -0.495 e. The number of hydrogen-bond donors (Lipinski definition) is 2. The second-order valence-corrected chi connectivity index (χ2v) is 6.31. The molecule has 3 N–H and O–H groups in total. The number of ether oxygens (including phenoxy) is 2. The summed E-state index contributed by atoms with van der Waals surface area (Å²) in [7, 11) is 1.54. The Balaban J connectivity index is 1.73. The summed E-state index contributed by atoms with van der Waals surface area (Å²) >= 11 is 3.12. The van der Waals surface area contributed by atoms with Gasteiger partial charge in [-0.05, 0) is 46.3 Å². The first-order chi connectivity index (χ1) is 13.5. The molecule has 0 spiro atoms. The normalized spacial score (nSPS) is 10.4. The average molecular weight is 448 g/mol. The summed E-state index contributed by atoms with van der Waals surface area (Å²) in [4.78, 5) is 24.3. The molecule has 0 aliphatic heterocycles. The molecule has 3 aromatic rings. The highest BCUT2D eigenvalue weighted by Crippen LogP contribution is 2.25. The maximum Gasteiger partial charge on any atom is 0.339 e. The molecule has 1 heterocycles. The number of carbonyl (C=O) groups is 1. The molecule has 28 heavy (non-hydrogen) atoms. The van der Waals surface area contributed by atoms with Gasteiger partial charge in [0.25, 0.3) is 0 Å². The minimum atomic E-state index is -0.662. The fraction of sp³-hybridized carbons (Fsp3) is 0.111. The number of nitrogens with zero attached hydrogens (tertiary/aromatic N) is 3. The molecule has 10 heteroatoms. The van der Waals surface area contributed by atoms with Crippen molar-refractivity contribution in [3.8, 4) is 5.75 Å². The lowest BCUT2D eigenvalue weighted by Crippen LogP contribution is -2.11. The quantitative estimate of drug-likeness (QED) is 0.552. The molecule has 0 aliphatic carbocycles. The van der Waals surface area contributed by atoms with E-state index in [1.54, 1.807) is 19.2 Å². The van der Waals surface area contributed by atoms with Crippen molar-refractivity contribution in [2.45, 2.75) is 6.61 Å². The van der Waals surface area contributed by atoms with Crippen molar-refractivity contribution < 1.29 is 18.7 Å². The van der Waals surface area contributed by atoms with Gasteiger partial charge in [-0.3, -0.25) is 0 Å². The van der Waals surface area contributed by atoms with E-state index in [1.165, 1.54) is 12.1 Å². The monoisotopic (exact) mass is 447 g/mol. The van der Waals surface area contributed by atoms with Gasteiger partial charge in [-0.1, -0.05) is 12.1 Å². The Morgan fingerprint density at radius 3 is 2.75 bits per heavy atom. The van der Waals surface area contributed by atoms with Crippen LogP contribution in [0.15, 0.2) is 46.9 Å². The van der Waals surface area contributed by atoms with Gasteiger partial charge in [0.05, 0.1) is 18.4 Å². The number of anilines is 3. The molecule has 0 aliphatic rings. The molecule has 0 saturated heterocycles. The zero-order valence-corrected chi connectivity index (χ0v) is 16.2. The van der Waals surface area contributed by atoms with E-state index in [1.807, 2.05) is 12.1 Å². The summed E-state index contributed by atoms with van der Waals surface area (Å²) in [6.07, 6.45) is 0. The largest absolute Gasteiger partial charge is 0.495 e. The molecule has 3 rings (SSSR count). The molecular weight excluding hydrogens is 433 g/mol. The molecule has 8 nitrogen and oxygen atoms in total. The fourth-order valence-electron chi connectivity index (χ4n) is 2.29. The van der Waals surface area contributed by atoms with Gasteiger partial charge in [-0.15, -0.1) is 0 Å². The van der Waals surface area contributed by atoms with Crippen molar-refractivity contribution in [2.24, 2.45) is 0 Å². The van der Waals surface area contributed by atoms with Crippen LogP contribution in [0.3, 0.4) is 0 Å². The van der Waals surface area contributed by atoms with Gasteiger partial charge in [-0.2, -0.15) is 15.0 Å². The SMILES string of the molecule is COc1ccccc1Nc1nc(N)nc(COC(=O)c2ccc(F)cc2Br)n1. The van der Waals surface area contributed by atoms with E-state index >= 15 is 0 Å². The molecule has 0 fully saturated rings. The van der Waals surface area contributed by atoms with Crippen LogP contribution in [0.4, 0.5) is 22.0 Å². The lowest BCUT2D eigenvalue weighted by molar-refractivity contribution is 0.0461. The Bertz CT molecular complexity index is 1020. The molecule has 0 bridgehead atoms. The van der Waals surface area contributed by atoms with Gasteiger partial charge in [0.2, 0.25) is 11.9 Å². The third kappa shape index (κ3) is 4.71. The summed E-state index contributed by atoms with van der Waals surface area (Å²) in [5, 5.41) is 2.98. The zero-order chi connectivity index (χ0) is 20.1.